The Morgan fingerprint density at radius 2 is 0.800 bits per heavy atom. The molecule has 1 aromatic rings. The maximum atomic E-state index is 12.8. The minimum absolute atomic E-state index is 0.00282. The summed E-state index contributed by atoms with van der Waals surface area (Å²) in [7, 11) is 0. The third-order valence-electron chi connectivity index (χ3n) is 4.42. The van der Waals surface area contributed by atoms with E-state index in [9.17, 15) is 28.8 Å². The van der Waals surface area contributed by atoms with E-state index in [-0.39, 0.29) is 33.4 Å². The highest BCUT2D eigenvalue weighted by Crippen LogP contribution is 2.15. The molecule has 0 atom stereocenters. The van der Waals surface area contributed by atoms with Crippen molar-refractivity contribution in [3.05, 3.63) is 84.0 Å². The van der Waals surface area contributed by atoms with E-state index in [1.54, 1.807) is 0 Å². The SMILES string of the molecule is C=C(C)C(=O)OC(COC(=O)c1ccccc1C(=O)OCC(OC(=O)C(=C)C)OC(=O)C(=C)C)OC(=O)C(=C)C. The average molecular weight is 559 g/mol. The Morgan fingerprint density at radius 3 is 1.02 bits per heavy atom. The fourth-order valence-electron chi connectivity index (χ4n) is 2.35. The summed E-state index contributed by atoms with van der Waals surface area (Å²) in [6.07, 6.45) is -3.27. The standard InChI is InChI=1S/C28H30O12/c1-15(2)23(29)37-21(38-24(30)16(3)4)13-35-27(33)19-11-9-10-12-20(19)28(34)36-14-22(39-25(31)17(5)6)40-26(32)18(7)8/h9-12,21-22H,1,3,5,7,13-14H2,2,4,6,8H3. The second-order valence-corrected chi connectivity index (χ2v) is 8.34. The van der Waals surface area contributed by atoms with E-state index in [0.717, 1.165) is 0 Å². The summed E-state index contributed by atoms with van der Waals surface area (Å²) in [5.41, 5.74) is -0.543. The van der Waals surface area contributed by atoms with E-state index >= 15 is 0 Å². The van der Waals surface area contributed by atoms with E-state index in [0.29, 0.717) is 0 Å². The zero-order chi connectivity index (χ0) is 30.6. The van der Waals surface area contributed by atoms with Gasteiger partial charge in [-0.05, 0) is 39.8 Å². The molecule has 0 unspecified atom stereocenters. The van der Waals surface area contributed by atoms with E-state index in [2.05, 4.69) is 26.3 Å². The van der Waals surface area contributed by atoms with Crippen molar-refractivity contribution in [1.29, 1.82) is 0 Å². The predicted octanol–water partition coefficient (Wildman–Crippen LogP) is 3.13. The highest BCUT2D eigenvalue weighted by atomic mass is 16.7. The first-order valence-electron chi connectivity index (χ1n) is 11.5. The Balaban J connectivity index is 3.03. The molecule has 12 heteroatoms. The van der Waals surface area contributed by atoms with Gasteiger partial charge in [0.15, 0.2) is 13.2 Å². The first kappa shape index (κ1) is 33.0. The van der Waals surface area contributed by atoms with Crippen LogP contribution in [0.25, 0.3) is 0 Å². The second-order valence-electron chi connectivity index (χ2n) is 8.34. The summed E-state index contributed by atoms with van der Waals surface area (Å²) < 4.78 is 30.1. The van der Waals surface area contributed by atoms with Crippen LogP contribution in [-0.2, 0) is 47.6 Å². The maximum Gasteiger partial charge on any atom is 0.339 e. The number of hydrogen-bond donors (Lipinski definition) is 0. The summed E-state index contributed by atoms with van der Waals surface area (Å²) in [5, 5.41) is 0. The molecule has 0 heterocycles. The van der Waals surface area contributed by atoms with E-state index in [1.165, 1.54) is 52.0 Å². The van der Waals surface area contributed by atoms with Gasteiger partial charge in [-0.3, -0.25) is 0 Å². The fourth-order valence-corrected chi connectivity index (χ4v) is 2.35. The minimum Gasteiger partial charge on any atom is -0.454 e. The maximum absolute atomic E-state index is 12.8. The largest absolute Gasteiger partial charge is 0.454 e. The lowest BCUT2D eigenvalue weighted by Gasteiger charge is -2.19. The van der Waals surface area contributed by atoms with Gasteiger partial charge >= 0.3 is 35.8 Å². The third kappa shape index (κ3) is 10.8. The number of esters is 6. The van der Waals surface area contributed by atoms with Gasteiger partial charge in [0, 0.05) is 22.3 Å². The normalized spacial score (nSPS) is 10.2. The molecule has 0 spiro atoms. The number of carbonyl (C=O) groups is 6. The second kappa shape index (κ2) is 15.4. The molecule has 1 aromatic carbocycles. The van der Waals surface area contributed by atoms with Gasteiger partial charge in [0.25, 0.3) is 12.6 Å². The van der Waals surface area contributed by atoms with Crippen LogP contribution in [0, 0.1) is 0 Å². The molecule has 214 valence electrons. The molecule has 0 bridgehead atoms. The fraction of sp³-hybridized carbons (Fsp3) is 0.286. The Kier molecular flexibility index (Phi) is 12.7. The molecule has 1 rings (SSSR count). The molecule has 0 fully saturated rings. The van der Waals surface area contributed by atoms with Crippen LogP contribution < -0.4 is 0 Å². The highest BCUT2D eigenvalue weighted by molar-refractivity contribution is 6.03. The zero-order valence-corrected chi connectivity index (χ0v) is 22.6. The van der Waals surface area contributed by atoms with Gasteiger partial charge in [-0.1, -0.05) is 38.4 Å². The van der Waals surface area contributed by atoms with Crippen molar-refractivity contribution in [2.45, 2.75) is 40.3 Å². The average Bonchev–Trinajstić information content (AvgIpc) is 2.89. The molecule has 0 amide bonds. The first-order valence-corrected chi connectivity index (χ1v) is 11.5. The lowest BCUT2D eigenvalue weighted by molar-refractivity contribution is -0.190. The molecule has 0 aliphatic rings. The van der Waals surface area contributed by atoms with Gasteiger partial charge in [-0.25, -0.2) is 28.8 Å². The molecule has 0 N–H and O–H groups in total. The van der Waals surface area contributed by atoms with Gasteiger partial charge in [0.1, 0.15) is 0 Å². The van der Waals surface area contributed by atoms with E-state index in [4.69, 9.17) is 28.4 Å². The first-order chi connectivity index (χ1) is 18.6. The van der Waals surface area contributed by atoms with Gasteiger partial charge in [0.05, 0.1) is 11.1 Å². The Labute approximate surface area is 230 Å². The zero-order valence-electron chi connectivity index (χ0n) is 22.6. The molecule has 0 aliphatic heterocycles. The van der Waals surface area contributed by atoms with E-state index < -0.39 is 61.6 Å². The van der Waals surface area contributed by atoms with Crippen molar-refractivity contribution < 1.29 is 57.2 Å². The summed E-state index contributed by atoms with van der Waals surface area (Å²) >= 11 is 0. The highest BCUT2D eigenvalue weighted by Gasteiger charge is 2.26. The van der Waals surface area contributed by atoms with Gasteiger partial charge in [-0.15, -0.1) is 0 Å². The summed E-state index contributed by atoms with van der Waals surface area (Å²) in [4.78, 5) is 73.1. The van der Waals surface area contributed by atoms with Gasteiger partial charge in [0.2, 0.25) is 0 Å². The molecular weight excluding hydrogens is 528 g/mol. The van der Waals surface area contributed by atoms with E-state index in [1.807, 2.05) is 0 Å². The summed E-state index contributed by atoms with van der Waals surface area (Å²) in [5.74, 6) is -5.76. The molecule has 0 aromatic heterocycles. The van der Waals surface area contributed by atoms with Crippen molar-refractivity contribution in [2.75, 3.05) is 13.2 Å². The number of benzene rings is 1. The van der Waals surface area contributed by atoms with Crippen LogP contribution in [0.2, 0.25) is 0 Å². The van der Waals surface area contributed by atoms with Crippen LogP contribution in [0.5, 0.6) is 0 Å². The van der Waals surface area contributed by atoms with Crippen molar-refractivity contribution in [3.63, 3.8) is 0 Å². The Hall–Kier alpha value is -5.00. The summed E-state index contributed by atoms with van der Waals surface area (Å²) in [6.45, 7) is 17.7. The molecule has 40 heavy (non-hydrogen) atoms. The molecule has 0 aliphatic carbocycles. The number of ether oxygens (including phenoxy) is 6. The van der Waals surface area contributed by atoms with Crippen LogP contribution in [0.4, 0.5) is 0 Å². The number of rotatable bonds is 14. The Bertz CT molecular complexity index is 1090. The van der Waals surface area contributed by atoms with Gasteiger partial charge in [-0.2, -0.15) is 0 Å². The molecule has 12 nitrogen and oxygen atoms in total. The summed E-state index contributed by atoms with van der Waals surface area (Å²) in [6, 6.07) is 5.35. The minimum atomic E-state index is -1.64. The number of hydrogen-bond acceptors (Lipinski definition) is 12. The smallest absolute Gasteiger partial charge is 0.339 e. The van der Waals surface area contributed by atoms with Crippen molar-refractivity contribution >= 4 is 35.8 Å². The topological polar surface area (TPSA) is 158 Å². The van der Waals surface area contributed by atoms with Crippen molar-refractivity contribution in [2.24, 2.45) is 0 Å². The molecule has 0 saturated carbocycles. The third-order valence-corrected chi connectivity index (χ3v) is 4.42. The Morgan fingerprint density at radius 1 is 0.550 bits per heavy atom. The molecule has 0 radical (unpaired) electrons. The quantitative estimate of drug-likeness (QED) is 0.142. The van der Waals surface area contributed by atoms with Crippen LogP contribution in [0.1, 0.15) is 48.4 Å². The predicted molar refractivity (Wildman–Crippen MR) is 138 cm³/mol. The molecular formula is C28H30O12. The van der Waals surface area contributed by atoms with Crippen LogP contribution in [0.15, 0.2) is 72.9 Å². The van der Waals surface area contributed by atoms with Gasteiger partial charge < -0.3 is 28.4 Å². The van der Waals surface area contributed by atoms with Crippen LogP contribution >= 0.6 is 0 Å². The lowest BCUT2D eigenvalue weighted by Crippen LogP contribution is -2.31. The van der Waals surface area contributed by atoms with Crippen LogP contribution in [0.3, 0.4) is 0 Å². The molecule has 0 saturated heterocycles. The lowest BCUT2D eigenvalue weighted by atomic mass is 10.1. The van der Waals surface area contributed by atoms with Crippen molar-refractivity contribution in [1.82, 2.24) is 0 Å². The van der Waals surface area contributed by atoms with Crippen LogP contribution in [-0.4, -0.2) is 61.6 Å². The van der Waals surface area contributed by atoms with Crippen molar-refractivity contribution in [3.8, 4) is 0 Å². The number of carbonyl (C=O) groups excluding carboxylic acids is 6. The monoisotopic (exact) mass is 558 g/mol.